The lowest BCUT2D eigenvalue weighted by molar-refractivity contribution is 0.102. The lowest BCUT2D eigenvalue weighted by atomic mass is 10.1. The molecule has 0 saturated heterocycles. The number of methoxy groups -OCH3 is 1. The molecule has 0 aliphatic rings. The van der Waals surface area contributed by atoms with Crippen LogP contribution in [0.3, 0.4) is 0 Å². The SMILES string of the molecule is COc1ccc(C(=O)Nc2cccc3c(=O)c[c]oc23)cc1. The van der Waals surface area contributed by atoms with Crippen molar-refractivity contribution in [1.82, 2.24) is 0 Å². The number of para-hydroxylation sites is 1. The monoisotopic (exact) mass is 294 g/mol. The number of ether oxygens (including phenoxy) is 1. The van der Waals surface area contributed by atoms with Crippen LogP contribution in [0.25, 0.3) is 11.0 Å². The van der Waals surface area contributed by atoms with Gasteiger partial charge in [0.25, 0.3) is 5.91 Å². The molecule has 0 fully saturated rings. The van der Waals surface area contributed by atoms with Crippen molar-refractivity contribution in [1.29, 1.82) is 0 Å². The van der Waals surface area contributed by atoms with E-state index in [1.807, 2.05) is 0 Å². The highest BCUT2D eigenvalue weighted by Gasteiger charge is 2.11. The molecule has 3 aromatic rings. The molecule has 1 N–H and O–H groups in total. The summed E-state index contributed by atoms with van der Waals surface area (Å²) in [4.78, 5) is 24.0. The number of fused-ring (bicyclic) bond motifs is 1. The molecule has 3 rings (SSSR count). The summed E-state index contributed by atoms with van der Waals surface area (Å²) in [6, 6.07) is 12.9. The van der Waals surface area contributed by atoms with Gasteiger partial charge in [-0.3, -0.25) is 9.59 Å². The van der Waals surface area contributed by atoms with Gasteiger partial charge in [0, 0.05) is 11.6 Å². The van der Waals surface area contributed by atoms with Gasteiger partial charge < -0.3 is 14.5 Å². The van der Waals surface area contributed by atoms with Crippen LogP contribution in [0.1, 0.15) is 10.4 Å². The van der Waals surface area contributed by atoms with Gasteiger partial charge in [0.05, 0.1) is 18.2 Å². The Morgan fingerprint density at radius 2 is 1.95 bits per heavy atom. The van der Waals surface area contributed by atoms with Crippen molar-refractivity contribution in [3.63, 3.8) is 0 Å². The Hall–Kier alpha value is -3.08. The van der Waals surface area contributed by atoms with Crippen LogP contribution in [0.4, 0.5) is 5.69 Å². The molecular formula is C17H12NO4. The van der Waals surface area contributed by atoms with Crippen molar-refractivity contribution < 1.29 is 13.9 Å². The van der Waals surface area contributed by atoms with Crippen molar-refractivity contribution in [3.8, 4) is 5.75 Å². The minimum absolute atomic E-state index is 0.207. The Morgan fingerprint density at radius 3 is 2.68 bits per heavy atom. The summed E-state index contributed by atoms with van der Waals surface area (Å²) in [5.41, 5.74) is 0.992. The summed E-state index contributed by atoms with van der Waals surface area (Å²) < 4.78 is 10.3. The van der Waals surface area contributed by atoms with Gasteiger partial charge in [0.15, 0.2) is 17.3 Å². The van der Waals surface area contributed by atoms with E-state index in [4.69, 9.17) is 9.15 Å². The molecule has 0 aliphatic heterocycles. The summed E-state index contributed by atoms with van der Waals surface area (Å²) in [5.74, 6) is 0.365. The summed E-state index contributed by atoms with van der Waals surface area (Å²) in [6.07, 6.45) is 2.42. The molecule has 0 saturated carbocycles. The second-order valence-corrected chi connectivity index (χ2v) is 4.59. The molecule has 0 spiro atoms. The molecule has 109 valence electrons. The zero-order valence-corrected chi connectivity index (χ0v) is 11.8. The molecule has 5 nitrogen and oxygen atoms in total. The zero-order chi connectivity index (χ0) is 15.5. The van der Waals surface area contributed by atoms with Crippen molar-refractivity contribution in [3.05, 3.63) is 70.6 Å². The molecule has 0 aliphatic carbocycles. The maximum Gasteiger partial charge on any atom is 0.255 e. The van der Waals surface area contributed by atoms with Gasteiger partial charge >= 0.3 is 0 Å². The smallest absolute Gasteiger partial charge is 0.255 e. The van der Waals surface area contributed by atoms with Gasteiger partial charge in [0.2, 0.25) is 0 Å². The summed E-state index contributed by atoms with van der Waals surface area (Å²) in [6.45, 7) is 0. The minimum atomic E-state index is -0.304. The Bertz CT molecular complexity index is 881. The van der Waals surface area contributed by atoms with E-state index in [0.29, 0.717) is 28.0 Å². The number of benzene rings is 2. The van der Waals surface area contributed by atoms with E-state index in [1.165, 1.54) is 6.07 Å². The highest BCUT2D eigenvalue weighted by molar-refractivity contribution is 6.07. The second-order valence-electron chi connectivity index (χ2n) is 4.59. The fourth-order valence-corrected chi connectivity index (χ4v) is 2.10. The van der Waals surface area contributed by atoms with Gasteiger partial charge in [-0.25, -0.2) is 0 Å². The van der Waals surface area contributed by atoms with Crippen LogP contribution >= 0.6 is 0 Å². The molecule has 22 heavy (non-hydrogen) atoms. The number of rotatable bonds is 3. The Morgan fingerprint density at radius 1 is 1.18 bits per heavy atom. The first-order chi connectivity index (χ1) is 10.7. The number of carbonyl (C=O) groups excluding carboxylic acids is 1. The van der Waals surface area contributed by atoms with Crippen LogP contribution in [0.5, 0.6) is 5.75 Å². The minimum Gasteiger partial charge on any atom is -0.497 e. The molecule has 1 heterocycles. The number of anilines is 1. The molecule has 0 bridgehead atoms. The molecule has 2 aromatic carbocycles. The van der Waals surface area contributed by atoms with E-state index < -0.39 is 0 Å². The number of nitrogens with one attached hydrogen (secondary N) is 1. The van der Waals surface area contributed by atoms with Crippen LogP contribution < -0.4 is 15.5 Å². The fraction of sp³-hybridized carbons (Fsp3) is 0.0588. The molecule has 0 atom stereocenters. The summed E-state index contributed by atoms with van der Waals surface area (Å²) >= 11 is 0. The van der Waals surface area contributed by atoms with Crippen molar-refractivity contribution in [2.45, 2.75) is 0 Å². The van der Waals surface area contributed by atoms with Crippen LogP contribution in [-0.4, -0.2) is 13.0 Å². The van der Waals surface area contributed by atoms with Crippen molar-refractivity contribution >= 4 is 22.6 Å². The second kappa shape index (κ2) is 5.73. The number of hydrogen-bond donors (Lipinski definition) is 1. The number of carbonyl (C=O) groups is 1. The maximum atomic E-state index is 12.3. The third-order valence-corrected chi connectivity index (χ3v) is 3.23. The zero-order valence-electron chi connectivity index (χ0n) is 11.8. The van der Waals surface area contributed by atoms with Gasteiger partial charge in [0.1, 0.15) is 5.75 Å². The molecule has 1 radical (unpaired) electrons. The average molecular weight is 294 g/mol. The Labute approximate surface area is 126 Å². The van der Waals surface area contributed by atoms with E-state index in [9.17, 15) is 9.59 Å². The largest absolute Gasteiger partial charge is 0.497 e. The van der Waals surface area contributed by atoms with E-state index in [-0.39, 0.29) is 11.3 Å². The van der Waals surface area contributed by atoms with Crippen molar-refractivity contribution in [2.24, 2.45) is 0 Å². The highest BCUT2D eigenvalue weighted by Crippen LogP contribution is 2.21. The molecule has 5 heteroatoms. The van der Waals surface area contributed by atoms with Gasteiger partial charge in [-0.1, -0.05) is 6.07 Å². The van der Waals surface area contributed by atoms with E-state index >= 15 is 0 Å². The number of amides is 1. The summed E-state index contributed by atoms with van der Waals surface area (Å²) in [7, 11) is 1.56. The quantitative estimate of drug-likeness (QED) is 0.806. The predicted octanol–water partition coefficient (Wildman–Crippen LogP) is 2.85. The molecule has 1 aromatic heterocycles. The molecule has 0 unspecified atom stereocenters. The topological polar surface area (TPSA) is 68.5 Å². The molecule has 1 amide bonds. The van der Waals surface area contributed by atoms with Gasteiger partial charge in [-0.15, -0.1) is 0 Å². The Kier molecular flexibility index (Phi) is 3.62. The third-order valence-electron chi connectivity index (χ3n) is 3.23. The maximum absolute atomic E-state index is 12.3. The van der Waals surface area contributed by atoms with Crippen LogP contribution in [0.2, 0.25) is 0 Å². The molecular weight excluding hydrogens is 282 g/mol. The first kappa shape index (κ1) is 13.9. The van der Waals surface area contributed by atoms with E-state index in [2.05, 4.69) is 11.6 Å². The van der Waals surface area contributed by atoms with Crippen LogP contribution in [0, 0.1) is 6.26 Å². The van der Waals surface area contributed by atoms with Crippen LogP contribution in [-0.2, 0) is 0 Å². The standard InChI is InChI=1S/C17H12NO4/c1-21-12-7-5-11(6-8-12)17(20)18-14-4-2-3-13-15(19)9-10-22-16(13)14/h2-9H,1H3,(H,18,20). The van der Waals surface area contributed by atoms with Crippen LogP contribution in [0.15, 0.2) is 57.7 Å². The first-order valence-electron chi connectivity index (χ1n) is 6.57. The predicted molar refractivity (Wildman–Crippen MR) is 82.3 cm³/mol. The van der Waals surface area contributed by atoms with Gasteiger partial charge in [-0.2, -0.15) is 0 Å². The normalized spacial score (nSPS) is 10.4. The van der Waals surface area contributed by atoms with Gasteiger partial charge in [-0.05, 0) is 36.4 Å². The average Bonchev–Trinajstić information content (AvgIpc) is 2.56. The van der Waals surface area contributed by atoms with E-state index in [0.717, 1.165) is 0 Å². The number of hydrogen-bond acceptors (Lipinski definition) is 4. The lowest BCUT2D eigenvalue weighted by Crippen LogP contribution is -2.12. The van der Waals surface area contributed by atoms with Crippen molar-refractivity contribution in [2.75, 3.05) is 12.4 Å². The fourth-order valence-electron chi connectivity index (χ4n) is 2.10. The summed E-state index contributed by atoms with van der Waals surface area (Å²) in [5, 5.41) is 3.13. The highest BCUT2D eigenvalue weighted by atomic mass is 16.5. The first-order valence-corrected chi connectivity index (χ1v) is 6.57. The van der Waals surface area contributed by atoms with E-state index in [1.54, 1.807) is 49.6 Å². The Balaban J connectivity index is 1.94. The lowest BCUT2D eigenvalue weighted by Gasteiger charge is -2.07. The third kappa shape index (κ3) is 2.56.